The van der Waals surface area contributed by atoms with Crippen molar-refractivity contribution in [2.75, 3.05) is 18.5 Å². The molecule has 188 valence electrons. The highest BCUT2D eigenvalue weighted by Crippen LogP contribution is 2.26. The fraction of sp³-hybridized carbons (Fsp3) is 0.172. The molecule has 37 heavy (non-hydrogen) atoms. The molecular formula is C29H25ClN2O5. The van der Waals surface area contributed by atoms with Gasteiger partial charge in [0.2, 0.25) is 0 Å². The molecule has 4 aromatic rings. The van der Waals surface area contributed by atoms with E-state index in [2.05, 4.69) is 10.3 Å². The van der Waals surface area contributed by atoms with Crippen molar-refractivity contribution >= 4 is 46.0 Å². The molecule has 0 fully saturated rings. The summed E-state index contributed by atoms with van der Waals surface area (Å²) in [6, 6.07) is 22.3. The molecule has 0 aliphatic rings. The quantitative estimate of drug-likeness (QED) is 0.207. The number of anilines is 1. The second kappa shape index (κ2) is 12.1. The Balaban J connectivity index is 1.42. The fourth-order valence-electron chi connectivity index (χ4n) is 3.60. The lowest BCUT2D eigenvalue weighted by Gasteiger charge is -2.11. The number of para-hydroxylation sites is 1. The van der Waals surface area contributed by atoms with Gasteiger partial charge in [0.05, 0.1) is 28.9 Å². The Morgan fingerprint density at radius 3 is 2.35 bits per heavy atom. The number of unbranched alkanes of at least 4 members (excludes halogenated alkanes) is 1. The standard InChI is InChI=1S/C29H25ClN2O5/c1-2-3-16-36-28(34)20-10-14-22(15-11-20)31-27(33)18-37-29(35)24-17-26(19-8-12-21(30)13-9-19)32-25-7-5-4-6-23(24)25/h4-15,17H,2-3,16,18H2,1H3,(H,31,33). The largest absolute Gasteiger partial charge is 0.462 e. The predicted octanol–water partition coefficient (Wildman–Crippen LogP) is 6.31. The van der Waals surface area contributed by atoms with Crippen LogP contribution in [0, 0.1) is 0 Å². The number of nitrogens with one attached hydrogen (secondary N) is 1. The van der Waals surface area contributed by atoms with Gasteiger partial charge in [-0.15, -0.1) is 0 Å². The Kier molecular flexibility index (Phi) is 8.48. The number of carbonyl (C=O) groups is 3. The lowest BCUT2D eigenvalue weighted by molar-refractivity contribution is -0.119. The number of aromatic nitrogens is 1. The van der Waals surface area contributed by atoms with E-state index in [1.165, 1.54) is 0 Å². The van der Waals surface area contributed by atoms with Crippen LogP contribution < -0.4 is 5.32 Å². The van der Waals surface area contributed by atoms with Crippen molar-refractivity contribution in [2.45, 2.75) is 19.8 Å². The maximum Gasteiger partial charge on any atom is 0.339 e. The highest BCUT2D eigenvalue weighted by molar-refractivity contribution is 6.30. The van der Waals surface area contributed by atoms with Gasteiger partial charge in [0.1, 0.15) is 0 Å². The van der Waals surface area contributed by atoms with E-state index in [0.717, 1.165) is 18.4 Å². The summed E-state index contributed by atoms with van der Waals surface area (Å²) >= 11 is 6.00. The monoisotopic (exact) mass is 516 g/mol. The summed E-state index contributed by atoms with van der Waals surface area (Å²) in [4.78, 5) is 42.1. The molecule has 0 aliphatic carbocycles. The van der Waals surface area contributed by atoms with Crippen molar-refractivity contribution in [3.63, 3.8) is 0 Å². The maximum absolute atomic E-state index is 13.0. The van der Waals surface area contributed by atoms with Crippen molar-refractivity contribution in [3.8, 4) is 11.3 Å². The summed E-state index contributed by atoms with van der Waals surface area (Å²) in [5.74, 6) is -1.57. The molecule has 0 bridgehead atoms. The maximum atomic E-state index is 13.0. The second-order valence-electron chi connectivity index (χ2n) is 8.27. The van der Waals surface area contributed by atoms with E-state index in [4.69, 9.17) is 21.1 Å². The third-order valence-corrected chi connectivity index (χ3v) is 5.80. The Morgan fingerprint density at radius 2 is 1.62 bits per heavy atom. The minimum atomic E-state index is -0.644. The topological polar surface area (TPSA) is 94.6 Å². The van der Waals surface area contributed by atoms with Crippen LogP contribution in [0.1, 0.15) is 40.5 Å². The van der Waals surface area contributed by atoms with Crippen molar-refractivity contribution in [1.29, 1.82) is 0 Å². The Hall–Kier alpha value is -4.23. The number of carbonyl (C=O) groups excluding carboxylic acids is 3. The Bertz CT molecular complexity index is 1420. The van der Waals surface area contributed by atoms with Gasteiger partial charge in [0.15, 0.2) is 6.61 Å². The molecule has 0 atom stereocenters. The number of fused-ring (bicyclic) bond motifs is 1. The average molecular weight is 517 g/mol. The number of hydrogen-bond acceptors (Lipinski definition) is 6. The van der Waals surface area contributed by atoms with E-state index < -0.39 is 24.5 Å². The summed E-state index contributed by atoms with van der Waals surface area (Å²) in [6.45, 7) is 1.90. The van der Waals surface area contributed by atoms with Crippen LogP contribution in [-0.2, 0) is 14.3 Å². The van der Waals surface area contributed by atoms with Gasteiger partial charge in [-0.1, -0.05) is 55.3 Å². The predicted molar refractivity (Wildman–Crippen MR) is 143 cm³/mol. The molecule has 7 nitrogen and oxygen atoms in total. The number of benzene rings is 3. The van der Waals surface area contributed by atoms with E-state index in [1.807, 2.05) is 31.2 Å². The number of pyridine rings is 1. The van der Waals surface area contributed by atoms with E-state index in [0.29, 0.717) is 45.0 Å². The number of hydrogen-bond donors (Lipinski definition) is 1. The zero-order valence-electron chi connectivity index (χ0n) is 20.2. The van der Waals surface area contributed by atoms with Crippen LogP contribution in [0.3, 0.4) is 0 Å². The molecule has 0 spiro atoms. The molecular weight excluding hydrogens is 492 g/mol. The number of rotatable bonds is 9. The molecule has 1 amide bonds. The van der Waals surface area contributed by atoms with Crippen LogP contribution in [0.15, 0.2) is 78.9 Å². The summed E-state index contributed by atoms with van der Waals surface area (Å²) in [5, 5.41) is 3.87. The third kappa shape index (κ3) is 6.71. The van der Waals surface area contributed by atoms with Crippen LogP contribution in [-0.4, -0.2) is 36.0 Å². The minimum Gasteiger partial charge on any atom is -0.462 e. The first-order valence-electron chi connectivity index (χ1n) is 11.8. The normalized spacial score (nSPS) is 10.6. The first-order valence-corrected chi connectivity index (χ1v) is 12.2. The molecule has 8 heteroatoms. The molecule has 0 aliphatic heterocycles. The van der Waals surface area contributed by atoms with Gasteiger partial charge >= 0.3 is 11.9 Å². The molecule has 4 rings (SSSR count). The first-order chi connectivity index (χ1) is 17.9. The second-order valence-corrected chi connectivity index (χ2v) is 8.71. The molecule has 1 heterocycles. The number of halogens is 1. The summed E-state index contributed by atoms with van der Waals surface area (Å²) < 4.78 is 10.5. The van der Waals surface area contributed by atoms with E-state index in [1.54, 1.807) is 54.6 Å². The van der Waals surface area contributed by atoms with Gasteiger partial charge in [-0.2, -0.15) is 0 Å². The number of esters is 2. The summed E-state index contributed by atoms with van der Waals surface area (Å²) in [6.07, 6.45) is 1.74. The number of amides is 1. The number of ether oxygens (including phenoxy) is 2. The van der Waals surface area contributed by atoms with Gasteiger partial charge in [0, 0.05) is 21.7 Å². The zero-order valence-corrected chi connectivity index (χ0v) is 21.0. The Labute approximate surface area is 219 Å². The highest BCUT2D eigenvalue weighted by Gasteiger charge is 2.17. The highest BCUT2D eigenvalue weighted by atomic mass is 35.5. The molecule has 0 saturated heterocycles. The molecule has 0 unspecified atom stereocenters. The third-order valence-electron chi connectivity index (χ3n) is 5.55. The lowest BCUT2D eigenvalue weighted by atomic mass is 10.0. The van der Waals surface area contributed by atoms with Crippen LogP contribution in [0.25, 0.3) is 22.2 Å². The van der Waals surface area contributed by atoms with Crippen LogP contribution in [0.4, 0.5) is 5.69 Å². The van der Waals surface area contributed by atoms with Gasteiger partial charge < -0.3 is 14.8 Å². The first kappa shape index (κ1) is 25.9. The summed E-state index contributed by atoms with van der Waals surface area (Å²) in [7, 11) is 0. The molecule has 0 saturated carbocycles. The molecule has 1 N–H and O–H groups in total. The van der Waals surface area contributed by atoms with Crippen molar-refractivity contribution < 1.29 is 23.9 Å². The molecule has 0 radical (unpaired) electrons. The van der Waals surface area contributed by atoms with Gasteiger partial charge in [0.25, 0.3) is 5.91 Å². The van der Waals surface area contributed by atoms with Crippen LogP contribution in [0.2, 0.25) is 5.02 Å². The zero-order chi connectivity index (χ0) is 26.2. The van der Waals surface area contributed by atoms with Crippen LogP contribution in [0.5, 0.6) is 0 Å². The fourth-order valence-corrected chi connectivity index (χ4v) is 3.73. The molecule has 1 aromatic heterocycles. The van der Waals surface area contributed by atoms with E-state index >= 15 is 0 Å². The average Bonchev–Trinajstić information content (AvgIpc) is 2.92. The van der Waals surface area contributed by atoms with E-state index in [9.17, 15) is 14.4 Å². The van der Waals surface area contributed by atoms with Gasteiger partial charge in [-0.3, -0.25) is 4.79 Å². The van der Waals surface area contributed by atoms with Crippen molar-refractivity contribution in [1.82, 2.24) is 4.98 Å². The van der Waals surface area contributed by atoms with Crippen molar-refractivity contribution in [3.05, 3.63) is 95.0 Å². The van der Waals surface area contributed by atoms with Gasteiger partial charge in [-0.25, -0.2) is 14.6 Å². The van der Waals surface area contributed by atoms with Gasteiger partial charge in [-0.05, 0) is 55.0 Å². The lowest BCUT2D eigenvalue weighted by Crippen LogP contribution is -2.21. The number of nitrogens with zero attached hydrogens (tertiary/aromatic N) is 1. The smallest absolute Gasteiger partial charge is 0.339 e. The minimum absolute atomic E-state index is 0.300. The summed E-state index contributed by atoms with van der Waals surface area (Å²) in [5.41, 5.74) is 3.15. The van der Waals surface area contributed by atoms with E-state index in [-0.39, 0.29) is 0 Å². The molecule has 3 aromatic carbocycles. The SMILES string of the molecule is CCCCOC(=O)c1ccc(NC(=O)COC(=O)c2cc(-c3ccc(Cl)cc3)nc3ccccc23)cc1. The van der Waals surface area contributed by atoms with Crippen molar-refractivity contribution in [2.24, 2.45) is 0 Å². The van der Waals surface area contributed by atoms with Crippen LogP contribution >= 0.6 is 11.6 Å². The Morgan fingerprint density at radius 1 is 0.892 bits per heavy atom.